The zero-order chi connectivity index (χ0) is 6.83. The van der Waals surface area contributed by atoms with Crippen LogP contribution in [-0.2, 0) is 0 Å². The van der Waals surface area contributed by atoms with Crippen molar-refractivity contribution in [2.45, 2.75) is 40.0 Å². The van der Waals surface area contributed by atoms with Gasteiger partial charge in [-0.05, 0) is 0 Å². The normalized spacial score (nSPS) is 6.67. The summed E-state index contributed by atoms with van der Waals surface area (Å²) in [5, 5.41) is 0. The van der Waals surface area contributed by atoms with Crippen LogP contribution in [0.3, 0.4) is 0 Å². The minimum Gasteiger partial charge on any atom is -0.343 e. The van der Waals surface area contributed by atoms with Crippen molar-refractivity contribution in [1.29, 1.82) is 0 Å². The molecule has 0 radical (unpaired) electrons. The molecule has 0 aliphatic rings. The van der Waals surface area contributed by atoms with E-state index >= 15 is 0 Å². The summed E-state index contributed by atoms with van der Waals surface area (Å²) in [5.74, 6) is 0. The molecule has 0 spiro atoms. The third-order valence-electron chi connectivity index (χ3n) is 0.762. The maximum Gasteiger partial charge on any atom is 2.00 e. The van der Waals surface area contributed by atoms with E-state index in [4.69, 9.17) is 0 Å². The van der Waals surface area contributed by atoms with Crippen molar-refractivity contribution >= 4 is 23.1 Å². The average molecular weight is 139 g/mol. The Balaban J connectivity index is -0.0000000720. The first-order valence-corrected chi connectivity index (χ1v) is 3.40. The summed E-state index contributed by atoms with van der Waals surface area (Å²) in [4.78, 5) is 0. The predicted molar refractivity (Wildman–Crippen MR) is 46.3 cm³/mol. The quantitative estimate of drug-likeness (QED) is 0.407. The monoisotopic (exact) mass is 138 g/mol. The minimum absolute atomic E-state index is 0. The number of hydrogen-bond acceptors (Lipinski definition) is 0. The topological polar surface area (TPSA) is 0 Å². The molecule has 0 unspecified atom stereocenters. The van der Waals surface area contributed by atoms with Gasteiger partial charge in [-0.25, -0.2) is 0 Å². The Bertz CT molecular complexity index is 12.5. The fraction of sp³-hybridized carbons (Fsp3) is 0.750. The van der Waals surface area contributed by atoms with Gasteiger partial charge in [0.1, 0.15) is 0 Å². The Labute approximate surface area is 76.6 Å². The second-order valence-electron chi connectivity index (χ2n) is 1.67. The average Bonchev–Trinajstić information content (AvgIpc) is 1.88. The van der Waals surface area contributed by atoms with E-state index in [0.29, 0.717) is 0 Å². The SMILES string of the molecule is C[CH-]CC.[CH2-]CCC.[Mg+2]. The summed E-state index contributed by atoms with van der Waals surface area (Å²) in [6, 6.07) is 0. The maximum atomic E-state index is 3.60. The first-order valence-electron chi connectivity index (χ1n) is 3.40. The molecule has 0 aliphatic heterocycles. The molecule has 0 atom stereocenters. The molecule has 9 heavy (non-hydrogen) atoms. The van der Waals surface area contributed by atoms with Crippen LogP contribution in [0.2, 0.25) is 0 Å². The molecule has 0 rings (SSSR count). The molecule has 0 aromatic rings. The summed E-state index contributed by atoms with van der Waals surface area (Å²) < 4.78 is 0. The molecular formula is C8H18Mg. The van der Waals surface area contributed by atoms with Gasteiger partial charge in [-0.2, -0.15) is 19.8 Å². The zero-order valence-electron chi connectivity index (χ0n) is 7.11. The van der Waals surface area contributed by atoms with E-state index in [2.05, 4.69) is 34.1 Å². The van der Waals surface area contributed by atoms with Crippen LogP contribution in [0.15, 0.2) is 0 Å². The van der Waals surface area contributed by atoms with Crippen molar-refractivity contribution in [3.8, 4) is 0 Å². The van der Waals surface area contributed by atoms with E-state index in [9.17, 15) is 0 Å². The van der Waals surface area contributed by atoms with Gasteiger partial charge in [0, 0.05) is 0 Å². The van der Waals surface area contributed by atoms with Gasteiger partial charge in [-0.3, -0.25) is 0 Å². The van der Waals surface area contributed by atoms with E-state index in [1.165, 1.54) is 12.8 Å². The summed E-state index contributed by atoms with van der Waals surface area (Å²) in [7, 11) is 0. The van der Waals surface area contributed by atoms with E-state index in [1.807, 2.05) is 0 Å². The van der Waals surface area contributed by atoms with Gasteiger partial charge in [0.15, 0.2) is 0 Å². The second-order valence-corrected chi connectivity index (χ2v) is 1.67. The van der Waals surface area contributed by atoms with Gasteiger partial charge in [0.2, 0.25) is 0 Å². The molecule has 0 aliphatic carbocycles. The Hall–Kier alpha value is 0.766. The third-order valence-corrected chi connectivity index (χ3v) is 0.762. The smallest absolute Gasteiger partial charge is 0.343 e. The van der Waals surface area contributed by atoms with Crippen LogP contribution in [0.1, 0.15) is 40.0 Å². The summed E-state index contributed by atoms with van der Waals surface area (Å²) in [6.45, 7) is 9.90. The van der Waals surface area contributed by atoms with Crippen molar-refractivity contribution in [3.05, 3.63) is 13.3 Å². The van der Waals surface area contributed by atoms with Crippen molar-refractivity contribution < 1.29 is 0 Å². The third kappa shape index (κ3) is 52.4. The zero-order valence-corrected chi connectivity index (χ0v) is 8.53. The largest absolute Gasteiger partial charge is 2.00 e. The van der Waals surface area contributed by atoms with Crippen molar-refractivity contribution in [2.75, 3.05) is 0 Å². The summed E-state index contributed by atoms with van der Waals surface area (Å²) in [6.07, 6.45) is 5.60. The molecule has 0 nitrogen and oxygen atoms in total. The van der Waals surface area contributed by atoms with Gasteiger partial charge in [0.05, 0.1) is 0 Å². The summed E-state index contributed by atoms with van der Waals surface area (Å²) in [5.41, 5.74) is 0. The number of hydrogen-bond donors (Lipinski definition) is 0. The van der Waals surface area contributed by atoms with E-state index in [0.717, 1.165) is 6.42 Å². The molecule has 0 saturated heterocycles. The van der Waals surface area contributed by atoms with Crippen LogP contribution in [0.5, 0.6) is 0 Å². The Morgan fingerprint density at radius 2 is 1.56 bits per heavy atom. The molecule has 0 aromatic heterocycles. The van der Waals surface area contributed by atoms with Crippen LogP contribution in [0.4, 0.5) is 0 Å². The van der Waals surface area contributed by atoms with Crippen LogP contribution >= 0.6 is 0 Å². The van der Waals surface area contributed by atoms with Crippen molar-refractivity contribution in [2.24, 2.45) is 0 Å². The van der Waals surface area contributed by atoms with Crippen molar-refractivity contribution in [1.82, 2.24) is 0 Å². The predicted octanol–water partition coefficient (Wildman–Crippen LogP) is 2.86. The molecule has 0 saturated carbocycles. The Morgan fingerprint density at radius 1 is 1.33 bits per heavy atom. The summed E-state index contributed by atoms with van der Waals surface area (Å²) >= 11 is 0. The molecule has 1 heteroatoms. The number of unbranched alkanes of at least 4 members (excludes halogenated alkanes) is 2. The van der Waals surface area contributed by atoms with Crippen LogP contribution in [0.25, 0.3) is 0 Å². The molecule has 0 aromatic carbocycles. The van der Waals surface area contributed by atoms with Gasteiger partial charge in [0.25, 0.3) is 0 Å². The van der Waals surface area contributed by atoms with E-state index in [-0.39, 0.29) is 23.1 Å². The van der Waals surface area contributed by atoms with E-state index in [1.54, 1.807) is 0 Å². The standard InChI is InChI=1S/2C4H9.Mg/c2*1-3-4-2;/h3H,4H2,1-2H3;1,3-4H2,2H3;/q2*-1;+2. The van der Waals surface area contributed by atoms with Crippen molar-refractivity contribution in [3.63, 3.8) is 0 Å². The second kappa shape index (κ2) is 23.3. The van der Waals surface area contributed by atoms with Crippen LogP contribution in [-0.4, -0.2) is 23.1 Å². The molecule has 0 heterocycles. The van der Waals surface area contributed by atoms with E-state index < -0.39 is 0 Å². The fourth-order valence-electron chi connectivity index (χ4n) is 0. The van der Waals surface area contributed by atoms with Gasteiger partial charge in [-0.15, -0.1) is 0 Å². The molecule has 0 fully saturated rings. The molecule has 0 N–H and O–H groups in total. The van der Waals surface area contributed by atoms with Gasteiger partial charge >= 0.3 is 23.1 Å². The fourth-order valence-corrected chi connectivity index (χ4v) is 0. The van der Waals surface area contributed by atoms with Crippen LogP contribution in [0, 0.1) is 13.3 Å². The Kier molecular flexibility index (Phi) is 42.4. The molecular weight excluding hydrogens is 120 g/mol. The van der Waals surface area contributed by atoms with Crippen LogP contribution < -0.4 is 0 Å². The molecule has 0 bridgehead atoms. The van der Waals surface area contributed by atoms with Gasteiger partial charge < -0.3 is 13.3 Å². The Morgan fingerprint density at radius 3 is 1.56 bits per heavy atom. The first kappa shape index (κ1) is 16.4. The molecule has 0 amide bonds. The first-order chi connectivity index (χ1) is 3.83. The molecule has 52 valence electrons. The minimum atomic E-state index is 0. The number of rotatable bonds is 2. The van der Waals surface area contributed by atoms with Gasteiger partial charge in [-0.1, -0.05) is 20.3 Å². The maximum absolute atomic E-state index is 3.60.